The first-order valence-electron chi connectivity index (χ1n) is 10.5. The number of benzene rings is 3. The van der Waals surface area contributed by atoms with Crippen molar-refractivity contribution < 1.29 is 24.2 Å². The van der Waals surface area contributed by atoms with Crippen LogP contribution in [0.1, 0.15) is 17.2 Å². The molecule has 3 aromatic carbocycles. The molecule has 1 atom stereocenters. The van der Waals surface area contributed by atoms with Crippen LogP contribution in [0.3, 0.4) is 0 Å². The fraction of sp³-hybridized carbons (Fsp3) is 0.154. The van der Waals surface area contributed by atoms with Crippen molar-refractivity contribution in [3.8, 4) is 11.5 Å². The van der Waals surface area contributed by atoms with Crippen LogP contribution in [-0.2, 0) is 9.59 Å². The third kappa shape index (κ3) is 3.47. The Morgan fingerprint density at radius 1 is 0.939 bits per heavy atom. The summed E-state index contributed by atoms with van der Waals surface area (Å²) in [6.07, 6.45) is 0. The average Bonchev–Trinajstić information content (AvgIpc) is 3.41. The zero-order valence-electron chi connectivity index (χ0n) is 18.2. The Morgan fingerprint density at radius 3 is 2.33 bits per heavy atom. The highest BCUT2D eigenvalue weighted by atomic mass is 16.7. The van der Waals surface area contributed by atoms with E-state index in [4.69, 9.17) is 9.47 Å². The van der Waals surface area contributed by atoms with Gasteiger partial charge in [0, 0.05) is 31.0 Å². The first kappa shape index (κ1) is 20.6. The molecule has 1 N–H and O–H groups in total. The molecule has 0 radical (unpaired) electrons. The summed E-state index contributed by atoms with van der Waals surface area (Å²) >= 11 is 0. The first-order valence-corrected chi connectivity index (χ1v) is 10.5. The van der Waals surface area contributed by atoms with E-state index in [0.29, 0.717) is 22.7 Å². The molecule has 0 aromatic heterocycles. The smallest absolute Gasteiger partial charge is 0.300 e. The summed E-state index contributed by atoms with van der Waals surface area (Å²) in [6.45, 7) is 0.0941. The minimum absolute atomic E-state index is 0.0294. The molecule has 5 rings (SSSR count). The summed E-state index contributed by atoms with van der Waals surface area (Å²) in [6, 6.07) is 20.7. The molecule has 0 spiro atoms. The number of ketones is 1. The topological polar surface area (TPSA) is 79.3 Å². The molecule has 2 heterocycles. The lowest BCUT2D eigenvalue weighted by molar-refractivity contribution is -0.132. The van der Waals surface area contributed by atoms with Gasteiger partial charge in [0.1, 0.15) is 5.76 Å². The zero-order valence-corrected chi connectivity index (χ0v) is 18.2. The summed E-state index contributed by atoms with van der Waals surface area (Å²) < 4.78 is 10.7. The van der Waals surface area contributed by atoms with E-state index in [2.05, 4.69) is 0 Å². The summed E-state index contributed by atoms with van der Waals surface area (Å²) in [5.74, 6) is -0.649. The normalized spacial score (nSPS) is 18.6. The third-order valence-corrected chi connectivity index (χ3v) is 5.85. The van der Waals surface area contributed by atoms with E-state index in [-0.39, 0.29) is 18.1 Å². The summed E-state index contributed by atoms with van der Waals surface area (Å²) in [5.41, 5.74) is 2.66. The highest BCUT2D eigenvalue weighted by Crippen LogP contribution is 2.43. The van der Waals surface area contributed by atoms with Crippen LogP contribution in [0.2, 0.25) is 0 Å². The predicted octanol–water partition coefficient (Wildman–Crippen LogP) is 4.11. The second-order valence-electron chi connectivity index (χ2n) is 8.06. The maximum Gasteiger partial charge on any atom is 0.300 e. The Hall–Kier alpha value is -4.26. The van der Waals surface area contributed by atoms with Gasteiger partial charge < -0.3 is 19.5 Å². The second kappa shape index (κ2) is 8.02. The molecule has 2 aliphatic rings. The van der Waals surface area contributed by atoms with E-state index in [0.717, 1.165) is 11.3 Å². The second-order valence-corrected chi connectivity index (χ2v) is 8.06. The van der Waals surface area contributed by atoms with E-state index >= 15 is 0 Å². The number of nitrogens with zero attached hydrogens (tertiary/aromatic N) is 2. The van der Waals surface area contributed by atoms with Crippen LogP contribution in [-0.4, -0.2) is 37.7 Å². The number of hydrogen-bond acceptors (Lipinski definition) is 6. The molecule has 33 heavy (non-hydrogen) atoms. The van der Waals surface area contributed by atoms with Gasteiger partial charge >= 0.3 is 0 Å². The minimum atomic E-state index is -0.776. The van der Waals surface area contributed by atoms with Crippen molar-refractivity contribution in [1.29, 1.82) is 0 Å². The van der Waals surface area contributed by atoms with Gasteiger partial charge in [-0.3, -0.25) is 14.5 Å². The van der Waals surface area contributed by atoms with E-state index in [9.17, 15) is 14.7 Å². The van der Waals surface area contributed by atoms with Gasteiger partial charge in [-0.1, -0.05) is 30.3 Å². The maximum absolute atomic E-state index is 13.2. The van der Waals surface area contributed by atoms with Crippen molar-refractivity contribution in [3.63, 3.8) is 0 Å². The summed E-state index contributed by atoms with van der Waals surface area (Å²) in [4.78, 5) is 29.8. The van der Waals surface area contributed by atoms with Gasteiger partial charge in [0.15, 0.2) is 11.5 Å². The predicted molar refractivity (Wildman–Crippen MR) is 125 cm³/mol. The number of rotatable bonds is 4. The first-order chi connectivity index (χ1) is 16.0. The van der Waals surface area contributed by atoms with E-state index in [1.807, 2.05) is 61.5 Å². The van der Waals surface area contributed by atoms with Gasteiger partial charge in [-0.15, -0.1) is 0 Å². The lowest BCUT2D eigenvalue weighted by Crippen LogP contribution is -2.29. The van der Waals surface area contributed by atoms with E-state index < -0.39 is 17.7 Å². The third-order valence-electron chi connectivity index (χ3n) is 5.85. The summed E-state index contributed by atoms with van der Waals surface area (Å²) in [7, 11) is 3.85. The summed E-state index contributed by atoms with van der Waals surface area (Å²) in [5, 5.41) is 11.2. The van der Waals surface area contributed by atoms with Gasteiger partial charge in [-0.2, -0.15) is 0 Å². The van der Waals surface area contributed by atoms with Gasteiger partial charge in [0.05, 0.1) is 11.6 Å². The van der Waals surface area contributed by atoms with Crippen LogP contribution in [0.25, 0.3) is 5.76 Å². The maximum atomic E-state index is 13.2. The molecule has 3 aromatic rings. The number of hydrogen-bond donors (Lipinski definition) is 1. The number of aliphatic hydroxyl groups excluding tert-OH is 1. The van der Waals surface area contributed by atoms with Crippen LogP contribution in [0.4, 0.5) is 11.4 Å². The molecule has 0 bridgehead atoms. The molecule has 7 nitrogen and oxygen atoms in total. The van der Waals surface area contributed by atoms with Gasteiger partial charge in [-0.05, 0) is 48.0 Å². The zero-order chi connectivity index (χ0) is 23.1. The molecule has 1 amide bonds. The van der Waals surface area contributed by atoms with Crippen molar-refractivity contribution in [2.24, 2.45) is 0 Å². The van der Waals surface area contributed by atoms with Crippen LogP contribution in [0.15, 0.2) is 78.4 Å². The Labute approximate surface area is 191 Å². The van der Waals surface area contributed by atoms with Crippen molar-refractivity contribution >= 4 is 28.8 Å². The van der Waals surface area contributed by atoms with Crippen LogP contribution < -0.4 is 19.3 Å². The number of fused-ring (bicyclic) bond motifs is 1. The molecular formula is C26H22N2O5. The van der Waals surface area contributed by atoms with Crippen molar-refractivity contribution in [1.82, 2.24) is 0 Å². The average molecular weight is 442 g/mol. The van der Waals surface area contributed by atoms with Crippen molar-refractivity contribution in [2.45, 2.75) is 6.04 Å². The molecular weight excluding hydrogens is 420 g/mol. The Morgan fingerprint density at radius 2 is 1.64 bits per heavy atom. The Balaban J connectivity index is 1.66. The standard InChI is InChI=1S/C26H22N2O5/c1-27(2)18-9-11-19(12-10-18)28-23(16-6-4-3-5-7-16)22(25(30)26(28)31)24(29)17-8-13-20-21(14-17)33-15-32-20/h3-14,23,29H,15H2,1-2H3/b24-22-. The number of aliphatic hydroxyl groups is 1. The monoisotopic (exact) mass is 442 g/mol. The highest BCUT2D eigenvalue weighted by Gasteiger charge is 2.47. The molecule has 7 heteroatoms. The number of carbonyl (C=O) groups excluding carboxylic acids is 2. The fourth-order valence-corrected chi connectivity index (χ4v) is 4.16. The van der Waals surface area contributed by atoms with Crippen molar-refractivity contribution in [2.75, 3.05) is 30.7 Å². The quantitative estimate of drug-likeness (QED) is 0.372. The van der Waals surface area contributed by atoms with E-state index in [1.54, 1.807) is 30.3 Å². The Bertz CT molecular complexity index is 1270. The number of anilines is 2. The lowest BCUT2D eigenvalue weighted by atomic mass is 9.95. The van der Waals surface area contributed by atoms with Gasteiger partial charge in [-0.25, -0.2) is 0 Å². The SMILES string of the molecule is CN(C)c1ccc(N2C(=O)C(=O)/C(=C(\O)c3ccc4c(c3)OCO4)C2c2ccccc2)cc1. The largest absolute Gasteiger partial charge is 0.507 e. The van der Waals surface area contributed by atoms with Crippen LogP contribution in [0, 0.1) is 0 Å². The number of carbonyl (C=O) groups is 2. The lowest BCUT2D eigenvalue weighted by Gasteiger charge is -2.26. The van der Waals surface area contributed by atoms with Crippen molar-refractivity contribution in [3.05, 3.63) is 89.5 Å². The molecule has 2 aliphatic heterocycles. The molecule has 1 saturated heterocycles. The molecule has 166 valence electrons. The molecule has 1 unspecified atom stereocenters. The minimum Gasteiger partial charge on any atom is -0.507 e. The highest BCUT2D eigenvalue weighted by molar-refractivity contribution is 6.51. The number of amides is 1. The number of Topliss-reactive ketones (excluding diaryl/α,β-unsaturated/α-hetero) is 1. The van der Waals surface area contributed by atoms with E-state index in [1.165, 1.54) is 4.90 Å². The Kier molecular flexibility index (Phi) is 5.01. The molecule has 0 saturated carbocycles. The number of ether oxygens (including phenoxy) is 2. The van der Waals surface area contributed by atoms with Gasteiger partial charge in [0.2, 0.25) is 6.79 Å². The fourth-order valence-electron chi connectivity index (χ4n) is 4.16. The molecule has 1 fully saturated rings. The van der Waals surface area contributed by atoms with Crippen LogP contribution in [0.5, 0.6) is 11.5 Å². The van der Waals surface area contributed by atoms with Gasteiger partial charge in [0.25, 0.3) is 11.7 Å². The van der Waals surface area contributed by atoms with Crippen LogP contribution >= 0.6 is 0 Å². The molecule has 0 aliphatic carbocycles.